The van der Waals surface area contributed by atoms with E-state index < -0.39 is 18.1 Å². The first-order valence-corrected chi connectivity index (χ1v) is 19.4. The van der Waals surface area contributed by atoms with Crippen LogP contribution in [0.5, 0.6) is 0 Å². The van der Waals surface area contributed by atoms with Crippen LogP contribution in [0.15, 0.2) is 24.3 Å². The van der Waals surface area contributed by atoms with Gasteiger partial charge in [0.05, 0.1) is 34.4 Å². The first kappa shape index (κ1) is 45.8. The van der Waals surface area contributed by atoms with Crippen LogP contribution in [-0.4, -0.2) is 80.6 Å². The second-order valence-electron chi connectivity index (χ2n) is 14.2. The normalized spacial score (nSPS) is 13.3. The van der Waals surface area contributed by atoms with Crippen LogP contribution >= 0.6 is 0 Å². The summed E-state index contributed by atoms with van der Waals surface area (Å²) in [6, 6.07) is -0.615. The maximum absolute atomic E-state index is 12.6. The van der Waals surface area contributed by atoms with E-state index in [0.717, 1.165) is 44.9 Å². The van der Waals surface area contributed by atoms with Crippen molar-refractivity contribution >= 4 is 17.9 Å². The van der Waals surface area contributed by atoms with Crippen LogP contribution < -0.4 is 0 Å². The monoisotopic (exact) mass is 681 g/mol. The molecule has 0 aromatic rings. The van der Waals surface area contributed by atoms with Crippen molar-refractivity contribution < 1.29 is 38.2 Å². The van der Waals surface area contributed by atoms with Crippen LogP contribution in [0.1, 0.15) is 162 Å². The first-order chi connectivity index (χ1) is 23.1. The van der Waals surface area contributed by atoms with Gasteiger partial charge in [0.15, 0.2) is 12.1 Å². The van der Waals surface area contributed by atoms with Crippen LogP contribution in [0, 0.1) is 0 Å². The number of esters is 2. The highest BCUT2D eigenvalue weighted by molar-refractivity contribution is 5.72. The number of allylic oxidation sites excluding steroid dienone is 4. The molecule has 1 N–H and O–H groups in total. The molecule has 0 spiro atoms. The largest absolute Gasteiger partial charge is 0.477 e. The molecular weight excluding hydrogens is 606 g/mol. The quantitative estimate of drug-likeness (QED) is 0.0313. The SMILES string of the molecule is CC/C=C/C/C=C/CCCCC(=O)OC(COCCC(C(=O)O)[N+](C)(C)C)COC(=O)CCCCCCCCCCCCCCCCC. The summed E-state index contributed by atoms with van der Waals surface area (Å²) in [7, 11) is 5.50. The Kier molecular flexibility index (Phi) is 30.6. The summed E-state index contributed by atoms with van der Waals surface area (Å²) in [6.45, 7) is 4.57. The highest BCUT2D eigenvalue weighted by Crippen LogP contribution is 2.14. The molecule has 0 fully saturated rings. The van der Waals surface area contributed by atoms with Gasteiger partial charge in [-0.3, -0.25) is 9.59 Å². The molecule has 0 rings (SSSR count). The van der Waals surface area contributed by atoms with Gasteiger partial charge in [-0.05, 0) is 38.5 Å². The highest BCUT2D eigenvalue weighted by atomic mass is 16.6. The molecule has 0 aliphatic heterocycles. The number of ether oxygens (including phenoxy) is 3. The average Bonchev–Trinajstić information content (AvgIpc) is 3.03. The smallest absolute Gasteiger partial charge is 0.362 e. The van der Waals surface area contributed by atoms with Crippen molar-refractivity contribution in [2.24, 2.45) is 0 Å². The van der Waals surface area contributed by atoms with E-state index in [1.165, 1.54) is 77.0 Å². The van der Waals surface area contributed by atoms with Gasteiger partial charge in [-0.15, -0.1) is 0 Å². The number of hydrogen-bond donors (Lipinski definition) is 1. The molecule has 2 unspecified atom stereocenters. The van der Waals surface area contributed by atoms with Crippen molar-refractivity contribution in [1.82, 2.24) is 0 Å². The minimum atomic E-state index is -0.880. The number of nitrogens with zero attached hydrogens (tertiary/aromatic N) is 1. The Morgan fingerprint density at radius 3 is 1.71 bits per heavy atom. The molecule has 8 nitrogen and oxygen atoms in total. The van der Waals surface area contributed by atoms with Gasteiger partial charge < -0.3 is 23.8 Å². The number of hydrogen-bond acceptors (Lipinski definition) is 6. The third kappa shape index (κ3) is 29.9. The predicted octanol–water partition coefficient (Wildman–Crippen LogP) is 9.74. The summed E-state index contributed by atoms with van der Waals surface area (Å²) in [5.41, 5.74) is 0. The fraction of sp³-hybridized carbons (Fsp3) is 0.825. The Morgan fingerprint density at radius 2 is 1.17 bits per heavy atom. The van der Waals surface area contributed by atoms with Gasteiger partial charge in [-0.25, -0.2) is 4.79 Å². The lowest BCUT2D eigenvalue weighted by Gasteiger charge is -2.31. The minimum absolute atomic E-state index is 0.0511. The molecule has 0 radical (unpaired) electrons. The third-order valence-electron chi connectivity index (χ3n) is 8.62. The number of carboxylic acid groups (broad SMARTS) is 1. The van der Waals surface area contributed by atoms with Gasteiger partial charge in [0.1, 0.15) is 6.61 Å². The number of carboxylic acids is 1. The van der Waals surface area contributed by atoms with Crippen LogP contribution in [0.3, 0.4) is 0 Å². The number of aliphatic carboxylic acids is 1. The van der Waals surface area contributed by atoms with Crippen molar-refractivity contribution in [3.05, 3.63) is 24.3 Å². The van der Waals surface area contributed by atoms with Crippen LogP contribution in [0.2, 0.25) is 0 Å². The second kappa shape index (κ2) is 32.0. The molecule has 0 amide bonds. The summed E-state index contributed by atoms with van der Waals surface area (Å²) in [4.78, 5) is 36.7. The maximum Gasteiger partial charge on any atom is 0.362 e. The molecular formula is C40H74NO7+. The summed E-state index contributed by atoms with van der Waals surface area (Å²) in [5, 5.41) is 9.57. The van der Waals surface area contributed by atoms with Gasteiger partial charge >= 0.3 is 17.9 Å². The Labute approximate surface area is 294 Å². The molecule has 48 heavy (non-hydrogen) atoms. The summed E-state index contributed by atoms with van der Waals surface area (Å²) < 4.78 is 17.1. The van der Waals surface area contributed by atoms with E-state index in [0.29, 0.717) is 19.3 Å². The molecule has 2 atom stereocenters. The topological polar surface area (TPSA) is 99.1 Å². The molecule has 0 aliphatic carbocycles. The predicted molar refractivity (Wildman–Crippen MR) is 197 cm³/mol. The number of carbonyl (C=O) groups is 3. The molecule has 8 heteroatoms. The van der Waals surface area contributed by atoms with E-state index in [-0.39, 0.29) is 42.7 Å². The Bertz CT molecular complexity index is 849. The highest BCUT2D eigenvalue weighted by Gasteiger charge is 2.31. The molecule has 280 valence electrons. The number of rotatable bonds is 34. The van der Waals surface area contributed by atoms with E-state index in [9.17, 15) is 19.5 Å². The fourth-order valence-corrected chi connectivity index (χ4v) is 5.60. The molecule has 0 aliphatic rings. The van der Waals surface area contributed by atoms with Crippen molar-refractivity contribution in [1.29, 1.82) is 0 Å². The van der Waals surface area contributed by atoms with Crippen molar-refractivity contribution in [2.75, 3.05) is 41.0 Å². The lowest BCUT2D eigenvalue weighted by molar-refractivity contribution is -0.887. The minimum Gasteiger partial charge on any atom is -0.477 e. The Morgan fingerprint density at radius 1 is 0.646 bits per heavy atom. The third-order valence-corrected chi connectivity index (χ3v) is 8.62. The molecule has 0 aromatic heterocycles. The summed E-state index contributed by atoms with van der Waals surface area (Å²) >= 11 is 0. The molecule has 0 saturated carbocycles. The van der Waals surface area contributed by atoms with Gasteiger partial charge in [0.25, 0.3) is 0 Å². The average molecular weight is 681 g/mol. The molecule has 0 saturated heterocycles. The van der Waals surface area contributed by atoms with Gasteiger partial charge in [-0.1, -0.05) is 128 Å². The number of quaternary nitrogens is 1. The molecule has 0 bridgehead atoms. The molecule has 0 heterocycles. The van der Waals surface area contributed by atoms with Crippen molar-refractivity contribution in [3.63, 3.8) is 0 Å². The van der Waals surface area contributed by atoms with E-state index >= 15 is 0 Å². The van der Waals surface area contributed by atoms with E-state index in [1.54, 1.807) is 0 Å². The lowest BCUT2D eigenvalue weighted by Crippen LogP contribution is -2.50. The summed E-state index contributed by atoms with van der Waals surface area (Å²) in [5.74, 6) is -1.51. The zero-order valence-corrected chi connectivity index (χ0v) is 31.7. The fourth-order valence-electron chi connectivity index (χ4n) is 5.60. The van der Waals surface area contributed by atoms with Crippen molar-refractivity contribution in [3.8, 4) is 0 Å². The zero-order chi connectivity index (χ0) is 35.7. The zero-order valence-electron chi connectivity index (χ0n) is 31.7. The number of carbonyl (C=O) groups excluding carboxylic acids is 2. The van der Waals surface area contributed by atoms with Gasteiger partial charge in [-0.2, -0.15) is 0 Å². The second-order valence-corrected chi connectivity index (χ2v) is 14.2. The standard InChI is InChI=1S/C40H73NO7/c1-6-8-10-12-14-16-17-18-19-20-21-23-24-26-28-30-38(42)47-35-36(34-46-33-32-37(40(44)45)41(3,4)5)48-39(43)31-29-27-25-22-15-13-11-9-7-2/h9,11,15,22,36-37H,6-8,10,12-14,16-21,23-35H2,1-5H3/p+1/b11-9+,22-15+. The molecule has 0 aromatic carbocycles. The lowest BCUT2D eigenvalue weighted by atomic mass is 10.0. The first-order valence-electron chi connectivity index (χ1n) is 19.4. The van der Waals surface area contributed by atoms with Crippen molar-refractivity contribution in [2.45, 2.75) is 174 Å². The van der Waals surface area contributed by atoms with E-state index in [1.807, 2.05) is 21.1 Å². The van der Waals surface area contributed by atoms with E-state index in [4.69, 9.17) is 14.2 Å². The van der Waals surface area contributed by atoms with Gasteiger partial charge in [0.2, 0.25) is 0 Å². The van der Waals surface area contributed by atoms with Crippen LogP contribution in [0.25, 0.3) is 0 Å². The maximum atomic E-state index is 12.6. The Hall–Kier alpha value is -2.19. The summed E-state index contributed by atoms with van der Waals surface area (Å²) in [6.07, 6.45) is 32.3. The number of likely N-dealkylation sites (N-methyl/N-ethyl adjacent to an activating group) is 1. The van der Waals surface area contributed by atoms with Crippen LogP contribution in [-0.2, 0) is 28.6 Å². The number of unbranched alkanes of at least 4 members (excludes halogenated alkanes) is 16. The van der Waals surface area contributed by atoms with E-state index in [2.05, 4.69) is 38.2 Å². The van der Waals surface area contributed by atoms with Gasteiger partial charge in [0, 0.05) is 19.3 Å². The Balaban J connectivity index is 4.36. The van der Waals surface area contributed by atoms with Crippen LogP contribution in [0.4, 0.5) is 0 Å².